The van der Waals surface area contributed by atoms with Gasteiger partial charge in [0, 0.05) is 16.0 Å². The number of benzene rings is 2. The molecule has 2 aromatic rings. The van der Waals surface area contributed by atoms with E-state index in [1.807, 2.05) is 42.5 Å². The van der Waals surface area contributed by atoms with E-state index in [0.717, 1.165) is 26.4 Å². The van der Waals surface area contributed by atoms with E-state index in [2.05, 4.69) is 21.2 Å². The molecule has 0 radical (unpaired) electrons. The van der Waals surface area contributed by atoms with E-state index >= 15 is 0 Å². The second-order valence-electron chi connectivity index (χ2n) is 3.68. The Bertz CT molecular complexity index is 529. The predicted molar refractivity (Wildman–Crippen MR) is 77.3 cm³/mol. The molecule has 0 spiro atoms. The van der Waals surface area contributed by atoms with Crippen molar-refractivity contribution in [3.05, 3.63) is 57.5 Å². The third-order valence-electron chi connectivity index (χ3n) is 2.44. The number of nitrogens with one attached hydrogen (secondary N) is 1. The lowest BCUT2D eigenvalue weighted by Gasteiger charge is -2.10. The number of halogens is 2. The van der Waals surface area contributed by atoms with Gasteiger partial charge in [-0.15, -0.1) is 0 Å². The van der Waals surface area contributed by atoms with Gasteiger partial charge < -0.3 is 11.1 Å². The number of anilines is 2. The Labute approximate surface area is 114 Å². The highest BCUT2D eigenvalue weighted by molar-refractivity contribution is 9.10. The van der Waals surface area contributed by atoms with Crippen molar-refractivity contribution in [2.24, 2.45) is 0 Å². The fourth-order valence-corrected chi connectivity index (χ4v) is 2.08. The van der Waals surface area contributed by atoms with Gasteiger partial charge in [0.2, 0.25) is 0 Å². The molecule has 0 atom stereocenters. The molecular weight excluding hydrogens is 300 g/mol. The van der Waals surface area contributed by atoms with Crippen LogP contribution in [0.15, 0.2) is 46.9 Å². The molecular formula is C13H12BrClN2. The number of nitrogen functional groups attached to an aromatic ring is 1. The Morgan fingerprint density at radius 1 is 1.18 bits per heavy atom. The normalized spacial score (nSPS) is 10.2. The average Bonchev–Trinajstić information content (AvgIpc) is 2.32. The van der Waals surface area contributed by atoms with Crippen LogP contribution in [0, 0.1) is 0 Å². The summed E-state index contributed by atoms with van der Waals surface area (Å²) in [6, 6.07) is 13.5. The monoisotopic (exact) mass is 310 g/mol. The standard InChI is InChI=1S/C13H12BrClN2/c14-10-5-6-12(16)13(7-10)17-8-9-3-1-2-4-11(9)15/h1-7,17H,8,16H2. The highest BCUT2D eigenvalue weighted by Gasteiger charge is 2.02. The molecule has 2 nitrogen and oxygen atoms in total. The average molecular weight is 312 g/mol. The largest absolute Gasteiger partial charge is 0.397 e. The van der Waals surface area contributed by atoms with Crippen LogP contribution < -0.4 is 11.1 Å². The van der Waals surface area contributed by atoms with Gasteiger partial charge >= 0.3 is 0 Å². The SMILES string of the molecule is Nc1ccc(Br)cc1NCc1ccccc1Cl. The van der Waals surface area contributed by atoms with Crippen molar-refractivity contribution < 1.29 is 0 Å². The lowest BCUT2D eigenvalue weighted by Crippen LogP contribution is -2.02. The summed E-state index contributed by atoms with van der Waals surface area (Å²) in [6.07, 6.45) is 0. The molecule has 0 saturated carbocycles. The summed E-state index contributed by atoms with van der Waals surface area (Å²) in [5.41, 5.74) is 8.55. The summed E-state index contributed by atoms with van der Waals surface area (Å²) in [6.45, 7) is 0.653. The third-order valence-corrected chi connectivity index (χ3v) is 3.30. The van der Waals surface area contributed by atoms with Gasteiger partial charge in [-0.2, -0.15) is 0 Å². The van der Waals surface area contributed by atoms with Crippen molar-refractivity contribution >= 4 is 38.9 Å². The van der Waals surface area contributed by atoms with E-state index in [0.29, 0.717) is 6.54 Å². The lowest BCUT2D eigenvalue weighted by molar-refractivity contribution is 1.15. The van der Waals surface area contributed by atoms with E-state index in [-0.39, 0.29) is 0 Å². The van der Waals surface area contributed by atoms with Crippen molar-refractivity contribution in [3.8, 4) is 0 Å². The number of rotatable bonds is 3. The van der Waals surface area contributed by atoms with Gasteiger partial charge in [-0.1, -0.05) is 45.7 Å². The molecule has 0 bridgehead atoms. The molecule has 0 saturated heterocycles. The van der Waals surface area contributed by atoms with Crippen molar-refractivity contribution in [3.63, 3.8) is 0 Å². The van der Waals surface area contributed by atoms with Gasteiger partial charge in [0.05, 0.1) is 11.4 Å². The van der Waals surface area contributed by atoms with E-state index in [1.165, 1.54) is 0 Å². The van der Waals surface area contributed by atoms with E-state index in [9.17, 15) is 0 Å². The zero-order valence-corrected chi connectivity index (χ0v) is 11.4. The first-order valence-corrected chi connectivity index (χ1v) is 6.36. The third kappa shape index (κ3) is 3.14. The van der Waals surface area contributed by atoms with Crippen LogP contribution in [0.25, 0.3) is 0 Å². The molecule has 0 fully saturated rings. The summed E-state index contributed by atoms with van der Waals surface area (Å²) < 4.78 is 0.994. The lowest BCUT2D eigenvalue weighted by atomic mass is 10.2. The molecule has 0 heterocycles. The Kier molecular flexibility index (Phi) is 3.92. The van der Waals surface area contributed by atoms with Crippen molar-refractivity contribution in [1.29, 1.82) is 0 Å². The minimum atomic E-state index is 0.653. The number of hydrogen-bond acceptors (Lipinski definition) is 2. The van der Waals surface area contributed by atoms with Gasteiger partial charge in [-0.05, 0) is 29.8 Å². The van der Waals surface area contributed by atoms with Crippen LogP contribution in [0.5, 0.6) is 0 Å². The Morgan fingerprint density at radius 3 is 2.71 bits per heavy atom. The molecule has 4 heteroatoms. The molecule has 0 aliphatic carbocycles. The minimum Gasteiger partial charge on any atom is -0.397 e. The van der Waals surface area contributed by atoms with Crippen LogP contribution in [0.3, 0.4) is 0 Å². The van der Waals surface area contributed by atoms with Gasteiger partial charge in [-0.3, -0.25) is 0 Å². The molecule has 17 heavy (non-hydrogen) atoms. The molecule has 2 aromatic carbocycles. The number of nitrogens with two attached hydrogens (primary N) is 1. The topological polar surface area (TPSA) is 38.0 Å². The van der Waals surface area contributed by atoms with Crippen LogP contribution in [-0.4, -0.2) is 0 Å². The molecule has 0 amide bonds. The Hall–Kier alpha value is -1.19. The minimum absolute atomic E-state index is 0.653. The zero-order chi connectivity index (χ0) is 12.3. The zero-order valence-electron chi connectivity index (χ0n) is 9.08. The van der Waals surface area contributed by atoms with Crippen molar-refractivity contribution in [1.82, 2.24) is 0 Å². The molecule has 0 aliphatic heterocycles. The Balaban J connectivity index is 2.12. The smallest absolute Gasteiger partial charge is 0.0587 e. The second kappa shape index (κ2) is 5.43. The second-order valence-corrected chi connectivity index (χ2v) is 5.00. The summed E-state index contributed by atoms with van der Waals surface area (Å²) in [7, 11) is 0. The molecule has 88 valence electrons. The van der Waals surface area contributed by atoms with Crippen molar-refractivity contribution in [2.75, 3.05) is 11.1 Å². The highest BCUT2D eigenvalue weighted by atomic mass is 79.9. The van der Waals surface area contributed by atoms with Crippen LogP contribution in [0.4, 0.5) is 11.4 Å². The van der Waals surface area contributed by atoms with E-state index in [1.54, 1.807) is 0 Å². The maximum atomic E-state index is 6.08. The molecule has 3 N–H and O–H groups in total. The maximum absolute atomic E-state index is 6.08. The fraction of sp³-hybridized carbons (Fsp3) is 0.0769. The van der Waals surface area contributed by atoms with Crippen LogP contribution >= 0.6 is 27.5 Å². The highest BCUT2D eigenvalue weighted by Crippen LogP contribution is 2.24. The summed E-state index contributed by atoms with van der Waals surface area (Å²) >= 11 is 9.50. The molecule has 0 unspecified atom stereocenters. The van der Waals surface area contributed by atoms with E-state index < -0.39 is 0 Å². The summed E-state index contributed by atoms with van der Waals surface area (Å²) in [5, 5.41) is 4.03. The van der Waals surface area contributed by atoms with Crippen LogP contribution in [0.2, 0.25) is 5.02 Å². The first-order chi connectivity index (χ1) is 8.16. The first kappa shape index (κ1) is 12.3. The summed E-state index contributed by atoms with van der Waals surface area (Å²) in [4.78, 5) is 0. The molecule has 0 aliphatic rings. The molecule has 0 aromatic heterocycles. The van der Waals surface area contributed by atoms with Gasteiger partial charge in [-0.25, -0.2) is 0 Å². The summed E-state index contributed by atoms with van der Waals surface area (Å²) in [5.74, 6) is 0. The van der Waals surface area contributed by atoms with Gasteiger partial charge in [0.1, 0.15) is 0 Å². The molecule has 2 rings (SSSR count). The first-order valence-electron chi connectivity index (χ1n) is 5.19. The fourth-order valence-electron chi connectivity index (χ4n) is 1.51. The van der Waals surface area contributed by atoms with Gasteiger partial charge in [0.15, 0.2) is 0 Å². The van der Waals surface area contributed by atoms with Crippen molar-refractivity contribution in [2.45, 2.75) is 6.54 Å². The number of hydrogen-bond donors (Lipinski definition) is 2. The van der Waals surface area contributed by atoms with Crippen LogP contribution in [0.1, 0.15) is 5.56 Å². The van der Waals surface area contributed by atoms with E-state index in [4.69, 9.17) is 17.3 Å². The predicted octanol–water partition coefficient (Wildman–Crippen LogP) is 4.30. The quantitative estimate of drug-likeness (QED) is 0.830. The maximum Gasteiger partial charge on any atom is 0.0587 e. The van der Waals surface area contributed by atoms with Crippen LogP contribution in [-0.2, 0) is 6.54 Å². The Morgan fingerprint density at radius 2 is 1.94 bits per heavy atom. The van der Waals surface area contributed by atoms with Gasteiger partial charge in [0.25, 0.3) is 0 Å².